The van der Waals surface area contributed by atoms with Crippen LogP contribution in [0, 0.1) is 11.8 Å². The fraction of sp³-hybridized carbons (Fsp3) is 0.344. The van der Waals surface area contributed by atoms with Gasteiger partial charge in [0.15, 0.2) is 11.5 Å². The highest BCUT2D eigenvalue weighted by molar-refractivity contribution is 5.90. The van der Waals surface area contributed by atoms with Gasteiger partial charge in [0.2, 0.25) is 0 Å². The maximum atomic E-state index is 12.5. The first kappa shape index (κ1) is 28.6. The minimum Gasteiger partial charge on any atom is -0.423 e. The fourth-order valence-electron chi connectivity index (χ4n) is 4.06. The lowest BCUT2D eigenvalue weighted by Crippen LogP contribution is -2.17. The number of rotatable bonds is 8. The van der Waals surface area contributed by atoms with Crippen LogP contribution in [0.25, 0.3) is 5.57 Å². The minimum atomic E-state index is -0.598. The number of carbonyl (C=O) groups excluding carboxylic acids is 3. The van der Waals surface area contributed by atoms with E-state index in [0.717, 1.165) is 42.4 Å². The van der Waals surface area contributed by atoms with E-state index >= 15 is 0 Å². The predicted octanol–water partition coefficient (Wildman–Crippen LogP) is 7.22. The Hall–Kier alpha value is -3.93. The Balaban J connectivity index is 2.09. The van der Waals surface area contributed by atoms with Crippen LogP contribution < -0.4 is 14.2 Å². The maximum absolute atomic E-state index is 12.5. The lowest BCUT2D eigenvalue weighted by atomic mass is 9.81. The zero-order chi connectivity index (χ0) is 28.0. The number of esters is 3. The number of benzene rings is 2. The molecule has 0 heterocycles. The summed E-state index contributed by atoms with van der Waals surface area (Å²) >= 11 is 0. The minimum absolute atomic E-state index is 0.152. The van der Waals surface area contributed by atoms with Gasteiger partial charge in [-0.2, -0.15) is 0 Å². The molecule has 2 aromatic carbocycles. The first-order valence-corrected chi connectivity index (χ1v) is 12.9. The zero-order valence-corrected chi connectivity index (χ0v) is 22.9. The molecule has 0 atom stereocenters. The Morgan fingerprint density at radius 1 is 0.789 bits per heavy atom. The van der Waals surface area contributed by atoms with Crippen molar-refractivity contribution in [3.05, 3.63) is 83.5 Å². The van der Waals surface area contributed by atoms with E-state index in [1.165, 1.54) is 5.57 Å². The fourth-order valence-corrected chi connectivity index (χ4v) is 4.06. The number of hydrogen-bond acceptors (Lipinski definition) is 6. The molecule has 0 amide bonds. The molecule has 0 unspecified atom stereocenters. The highest BCUT2D eigenvalue weighted by Crippen LogP contribution is 2.40. The molecule has 6 nitrogen and oxygen atoms in total. The van der Waals surface area contributed by atoms with Gasteiger partial charge >= 0.3 is 17.9 Å². The van der Waals surface area contributed by atoms with Crippen LogP contribution in [-0.2, 0) is 14.4 Å². The van der Waals surface area contributed by atoms with Crippen molar-refractivity contribution in [3.63, 3.8) is 0 Å². The number of ether oxygens (including phenoxy) is 3. The second-order valence-corrected chi connectivity index (χ2v) is 10.3. The lowest BCUT2D eigenvalue weighted by molar-refractivity contribution is -0.138. The molecule has 1 aliphatic rings. The van der Waals surface area contributed by atoms with Gasteiger partial charge in [-0.15, -0.1) is 0 Å². The van der Waals surface area contributed by atoms with Crippen molar-refractivity contribution in [2.75, 3.05) is 0 Å². The quantitative estimate of drug-likeness (QED) is 0.209. The normalized spacial score (nSPS) is 15.0. The van der Waals surface area contributed by atoms with E-state index in [-0.39, 0.29) is 23.0 Å². The third-order valence-electron chi connectivity index (χ3n) is 6.40. The summed E-state index contributed by atoms with van der Waals surface area (Å²) in [4.78, 5) is 36.7. The molecule has 0 bridgehead atoms. The highest BCUT2D eigenvalue weighted by atomic mass is 16.6. The zero-order valence-electron chi connectivity index (χ0n) is 22.9. The van der Waals surface area contributed by atoms with Gasteiger partial charge in [0, 0.05) is 11.1 Å². The number of allylic oxidation sites excluding steroid dienone is 1. The third-order valence-corrected chi connectivity index (χ3v) is 6.40. The molecule has 38 heavy (non-hydrogen) atoms. The summed E-state index contributed by atoms with van der Waals surface area (Å²) in [7, 11) is 0. The van der Waals surface area contributed by atoms with Crippen molar-refractivity contribution in [2.24, 2.45) is 11.8 Å². The SMILES string of the molecule is C=C(C)C(=O)Oc1ccc(C(=C2CCC(C)CC2)c2ccc(OC(=O)C(=C)C)c(OC(=O)C(C)C)c2)cc1. The van der Waals surface area contributed by atoms with E-state index in [9.17, 15) is 14.4 Å². The van der Waals surface area contributed by atoms with E-state index < -0.39 is 17.9 Å². The van der Waals surface area contributed by atoms with Crippen molar-refractivity contribution < 1.29 is 28.6 Å². The first-order chi connectivity index (χ1) is 18.0. The average molecular weight is 517 g/mol. The largest absolute Gasteiger partial charge is 0.423 e. The lowest BCUT2D eigenvalue weighted by Gasteiger charge is -2.25. The third kappa shape index (κ3) is 7.31. The van der Waals surface area contributed by atoms with Gasteiger partial charge in [-0.25, -0.2) is 9.59 Å². The molecule has 0 spiro atoms. The smallest absolute Gasteiger partial charge is 0.338 e. The standard InChI is InChI=1S/C32H36O6/c1-19(2)30(33)36-26-15-12-24(13-16-26)29(23-10-8-22(7)9-11-23)25-14-17-27(37-31(34)20(3)4)28(18-25)38-32(35)21(5)6/h12-18,21-22H,1,3,8-11H2,2,4-7H3. The first-order valence-electron chi connectivity index (χ1n) is 12.9. The van der Waals surface area contributed by atoms with Gasteiger partial charge in [0.25, 0.3) is 0 Å². The molecule has 0 aliphatic heterocycles. The number of carbonyl (C=O) groups is 3. The van der Waals surface area contributed by atoms with Crippen molar-refractivity contribution in [1.29, 1.82) is 0 Å². The molecule has 0 radical (unpaired) electrons. The van der Waals surface area contributed by atoms with Gasteiger partial charge in [0.1, 0.15) is 5.75 Å². The Labute approximate surface area is 225 Å². The van der Waals surface area contributed by atoms with Crippen LogP contribution in [-0.4, -0.2) is 17.9 Å². The average Bonchev–Trinajstić information content (AvgIpc) is 2.87. The molecule has 2 aromatic rings. The Morgan fingerprint density at radius 2 is 1.34 bits per heavy atom. The molecule has 0 aromatic heterocycles. The molecular weight excluding hydrogens is 480 g/mol. The second-order valence-electron chi connectivity index (χ2n) is 10.3. The Bertz CT molecular complexity index is 1270. The molecular formula is C32H36O6. The molecule has 6 heteroatoms. The van der Waals surface area contributed by atoms with E-state index in [0.29, 0.717) is 17.2 Å². The van der Waals surface area contributed by atoms with Crippen molar-refractivity contribution >= 4 is 23.5 Å². The van der Waals surface area contributed by atoms with Crippen LogP contribution in [0.5, 0.6) is 17.2 Å². The van der Waals surface area contributed by atoms with Gasteiger partial charge in [-0.3, -0.25) is 4.79 Å². The Kier molecular flexibility index (Phi) is 9.45. The van der Waals surface area contributed by atoms with Gasteiger partial charge in [-0.1, -0.05) is 57.7 Å². The molecule has 0 saturated heterocycles. The van der Waals surface area contributed by atoms with Crippen LogP contribution in [0.2, 0.25) is 0 Å². The van der Waals surface area contributed by atoms with Crippen LogP contribution in [0.1, 0.15) is 71.4 Å². The molecule has 3 rings (SSSR count). The van der Waals surface area contributed by atoms with E-state index in [1.807, 2.05) is 18.2 Å². The summed E-state index contributed by atoms with van der Waals surface area (Å²) in [6.07, 6.45) is 4.04. The van der Waals surface area contributed by atoms with Crippen molar-refractivity contribution in [3.8, 4) is 17.2 Å². The monoisotopic (exact) mass is 516 g/mol. The maximum Gasteiger partial charge on any atom is 0.338 e. The molecule has 0 N–H and O–H groups in total. The summed E-state index contributed by atoms with van der Waals surface area (Å²) in [5, 5.41) is 0. The summed E-state index contributed by atoms with van der Waals surface area (Å²) in [5.74, 6) is -0.472. The van der Waals surface area contributed by atoms with Crippen LogP contribution in [0.15, 0.2) is 72.3 Å². The van der Waals surface area contributed by atoms with E-state index in [2.05, 4.69) is 20.1 Å². The van der Waals surface area contributed by atoms with Crippen LogP contribution >= 0.6 is 0 Å². The summed E-state index contributed by atoms with van der Waals surface area (Å²) in [5.41, 5.74) is 4.66. The molecule has 1 saturated carbocycles. The summed E-state index contributed by atoms with van der Waals surface area (Å²) in [6, 6.07) is 12.6. The van der Waals surface area contributed by atoms with Gasteiger partial charge < -0.3 is 14.2 Å². The second kappa shape index (κ2) is 12.5. The number of hydrogen-bond donors (Lipinski definition) is 0. The highest BCUT2D eigenvalue weighted by Gasteiger charge is 2.22. The predicted molar refractivity (Wildman–Crippen MR) is 148 cm³/mol. The van der Waals surface area contributed by atoms with Gasteiger partial charge in [-0.05, 0) is 86.4 Å². The molecule has 1 fully saturated rings. The Morgan fingerprint density at radius 3 is 1.89 bits per heavy atom. The molecule has 1 aliphatic carbocycles. The van der Waals surface area contributed by atoms with Crippen molar-refractivity contribution in [2.45, 2.75) is 60.3 Å². The molecule has 200 valence electrons. The summed E-state index contributed by atoms with van der Waals surface area (Å²) in [6.45, 7) is 16.2. The topological polar surface area (TPSA) is 78.9 Å². The van der Waals surface area contributed by atoms with Crippen molar-refractivity contribution in [1.82, 2.24) is 0 Å². The van der Waals surface area contributed by atoms with E-state index in [1.54, 1.807) is 52.0 Å². The van der Waals surface area contributed by atoms with E-state index in [4.69, 9.17) is 14.2 Å². The van der Waals surface area contributed by atoms with Crippen LogP contribution in [0.4, 0.5) is 0 Å². The van der Waals surface area contributed by atoms with Crippen LogP contribution in [0.3, 0.4) is 0 Å². The van der Waals surface area contributed by atoms with Gasteiger partial charge in [0.05, 0.1) is 5.92 Å². The summed E-state index contributed by atoms with van der Waals surface area (Å²) < 4.78 is 16.5.